The number of hydrogen-bond acceptors (Lipinski definition) is 4. The Morgan fingerprint density at radius 1 is 0.912 bits per heavy atom. The lowest BCUT2D eigenvalue weighted by Crippen LogP contribution is -2.54. The molecule has 0 aromatic heterocycles. The van der Waals surface area contributed by atoms with Gasteiger partial charge in [-0.3, -0.25) is 9.59 Å². The number of hydrogen-bond donors (Lipinski definition) is 1. The summed E-state index contributed by atoms with van der Waals surface area (Å²) in [7, 11) is -1.11. The van der Waals surface area contributed by atoms with E-state index in [2.05, 4.69) is 5.32 Å². The lowest BCUT2D eigenvalue weighted by molar-refractivity contribution is -0.140. The maximum absolute atomic E-state index is 13.7. The van der Waals surface area contributed by atoms with Crippen LogP contribution in [-0.4, -0.2) is 62.2 Å². The number of carbonyl (C=O) groups is 2. The molecule has 0 bridgehead atoms. The van der Waals surface area contributed by atoms with Crippen LogP contribution >= 0.6 is 0 Å². The number of rotatable bonds is 12. The molecule has 2 amide bonds. The van der Waals surface area contributed by atoms with Gasteiger partial charge in [0.2, 0.25) is 11.8 Å². The van der Waals surface area contributed by atoms with Crippen molar-refractivity contribution < 1.29 is 18.0 Å². The molecule has 2 aromatic rings. The third-order valence-corrected chi connectivity index (χ3v) is 7.47. The summed E-state index contributed by atoms with van der Waals surface area (Å²) in [5, 5.41) is 2.96. The molecule has 9 heteroatoms. The average Bonchev–Trinajstić information content (AvgIpc) is 2.83. The number of benzene rings is 2. The van der Waals surface area contributed by atoms with Gasteiger partial charge in [-0.2, -0.15) is 12.7 Å². The molecule has 2 atom stereocenters. The van der Waals surface area contributed by atoms with E-state index in [9.17, 15) is 18.0 Å². The number of amides is 2. The minimum atomic E-state index is -3.95. The summed E-state index contributed by atoms with van der Waals surface area (Å²) < 4.78 is 28.4. The van der Waals surface area contributed by atoms with Crippen molar-refractivity contribution in [2.75, 3.05) is 24.9 Å². The molecule has 2 rings (SSSR count). The van der Waals surface area contributed by atoms with Crippen molar-refractivity contribution in [1.29, 1.82) is 0 Å². The summed E-state index contributed by atoms with van der Waals surface area (Å²) in [6, 6.07) is 17.1. The van der Waals surface area contributed by atoms with E-state index < -0.39 is 28.7 Å². The van der Waals surface area contributed by atoms with Gasteiger partial charge in [0, 0.05) is 26.7 Å². The second kappa shape index (κ2) is 12.5. The Morgan fingerprint density at radius 2 is 1.47 bits per heavy atom. The summed E-state index contributed by atoms with van der Waals surface area (Å²) in [6.07, 6.45) is 1.16. The summed E-state index contributed by atoms with van der Waals surface area (Å²) in [6.45, 7) is 5.50. The normalized spacial score (nSPS) is 13.2. The molecule has 186 valence electrons. The second-order valence-electron chi connectivity index (χ2n) is 8.38. The highest BCUT2D eigenvalue weighted by Crippen LogP contribution is 2.21. The third kappa shape index (κ3) is 7.04. The van der Waals surface area contributed by atoms with E-state index in [1.165, 1.54) is 19.0 Å². The van der Waals surface area contributed by atoms with Crippen LogP contribution in [-0.2, 0) is 26.3 Å². The van der Waals surface area contributed by atoms with Crippen LogP contribution in [0.4, 0.5) is 5.69 Å². The van der Waals surface area contributed by atoms with Gasteiger partial charge in [-0.15, -0.1) is 0 Å². The zero-order chi connectivity index (χ0) is 25.3. The van der Waals surface area contributed by atoms with Crippen LogP contribution in [0.25, 0.3) is 0 Å². The van der Waals surface area contributed by atoms with Crippen molar-refractivity contribution in [3.63, 3.8) is 0 Å². The van der Waals surface area contributed by atoms with Gasteiger partial charge in [0.25, 0.3) is 0 Å². The number of para-hydroxylation sites is 1. The molecular formula is C25H36N4O4S. The highest BCUT2D eigenvalue weighted by Gasteiger charge is 2.33. The van der Waals surface area contributed by atoms with Crippen molar-refractivity contribution in [3.8, 4) is 0 Å². The van der Waals surface area contributed by atoms with E-state index in [-0.39, 0.29) is 18.5 Å². The van der Waals surface area contributed by atoms with Crippen LogP contribution in [0, 0.1) is 0 Å². The molecule has 2 aromatic carbocycles. The fourth-order valence-corrected chi connectivity index (χ4v) is 4.51. The molecule has 8 nitrogen and oxygen atoms in total. The van der Waals surface area contributed by atoms with Crippen LogP contribution in [0.2, 0.25) is 0 Å². The Bertz CT molecular complexity index is 1030. The van der Waals surface area contributed by atoms with E-state index in [1.54, 1.807) is 30.3 Å². The predicted octanol–water partition coefficient (Wildman–Crippen LogP) is 3.02. The number of carbonyl (C=O) groups excluding carboxylic acids is 2. The van der Waals surface area contributed by atoms with Gasteiger partial charge in [0.15, 0.2) is 0 Å². The molecule has 0 radical (unpaired) electrons. The van der Waals surface area contributed by atoms with Gasteiger partial charge in [-0.1, -0.05) is 62.4 Å². The zero-order valence-electron chi connectivity index (χ0n) is 20.6. The quantitative estimate of drug-likeness (QED) is 0.497. The summed E-state index contributed by atoms with van der Waals surface area (Å²) >= 11 is 0. The van der Waals surface area contributed by atoms with Gasteiger partial charge in [0.05, 0.1) is 5.69 Å². The van der Waals surface area contributed by atoms with Gasteiger partial charge in [-0.05, 0) is 37.5 Å². The molecule has 0 fully saturated rings. The van der Waals surface area contributed by atoms with Crippen molar-refractivity contribution >= 4 is 27.7 Å². The fraction of sp³-hybridized carbons (Fsp3) is 0.440. The SMILES string of the molecule is CC[C@@H](C)NC(=O)[C@H](CC)N(Cc1ccccc1)C(=O)CN(c1ccccc1)S(=O)(=O)N(C)C. The molecule has 0 unspecified atom stereocenters. The van der Waals surface area contributed by atoms with Crippen molar-refractivity contribution in [1.82, 2.24) is 14.5 Å². The Morgan fingerprint density at radius 3 is 1.97 bits per heavy atom. The van der Waals surface area contributed by atoms with Crippen molar-refractivity contribution in [3.05, 3.63) is 66.2 Å². The molecule has 34 heavy (non-hydrogen) atoms. The number of nitrogens with zero attached hydrogens (tertiary/aromatic N) is 3. The van der Waals surface area contributed by atoms with Crippen LogP contribution in [0.1, 0.15) is 39.2 Å². The third-order valence-electron chi connectivity index (χ3n) is 5.65. The highest BCUT2D eigenvalue weighted by atomic mass is 32.2. The standard InChI is InChI=1S/C25H36N4O4S/c1-6-20(3)26-25(31)23(7-2)28(18-21-14-10-8-11-15-21)24(30)19-29(34(32,33)27(4)5)22-16-12-9-13-17-22/h8-17,20,23H,6-7,18-19H2,1-5H3,(H,26,31)/t20-,23+/m1/s1. The van der Waals surface area contributed by atoms with Crippen LogP contribution in [0.15, 0.2) is 60.7 Å². The Hall–Kier alpha value is -2.91. The predicted molar refractivity (Wildman–Crippen MR) is 135 cm³/mol. The molecule has 0 spiro atoms. The van der Waals surface area contributed by atoms with E-state index in [0.29, 0.717) is 12.1 Å². The average molecular weight is 489 g/mol. The maximum atomic E-state index is 13.7. The number of anilines is 1. The second-order valence-corrected chi connectivity index (χ2v) is 10.4. The van der Waals surface area contributed by atoms with Crippen LogP contribution in [0.3, 0.4) is 0 Å². The van der Waals surface area contributed by atoms with Crippen LogP contribution < -0.4 is 9.62 Å². The van der Waals surface area contributed by atoms with Crippen LogP contribution in [0.5, 0.6) is 0 Å². The first-order valence-corrected chi connectivity index (χ1v) is 12.9. The minimum Gasteiger partial charge on any atom is -0.352 e. The fourth-order valence-electron chi connectivity index (χ4n) is 3.45. The summed E-state index contributed by atoms with van der Waals surface area (Å²) in [5.74, 6) is -0.702. The largest absolute Gasteiger partial charge is 0.352 e. The first-order valence-electron chi connectivity index (χ1n) is 11.5. The first-order chi connectivity index (χ1) is 16.1. The molecule has 0 saturated carbocycles. The van der Waals surface area contributed by atoms with Crippen molar-refractivity contribution in [2.45, 2.75) is 52.2 Å². The molecule has 0 aliphatic carbocycles. The Kier molecular flexibility index (Phi) is 10.1. The van der Waals surface area contributed by atoms with Crippen molar-refractivity contribution in [2.24, 2.45) is 0 Å². The smallest absolute Gasteiger partial charge is 0.304 e. The summed E-state index contributed by atoms with van der Waals surface area (Å²) in [5.41, 5.74) is 1.23. The van der Waals surface area contributed by atoms with E-state index in [1.807, 2.05) is 51.1 Å². The lowest BCUT2D eigenvalue weighted by atomic mass is 10.1. The monoisotopic (exact) mass is 488 g/mol. The summed E-state index contributed by atoms with van der Waals surface area (Å²) in [4.78, 5) is 28.3. The zero-order valence-corrected chi connectivity index (χ0v) is 21.5. The van der Waals surface area contributed by atoms with Gasteiger partial charge in [0.1, 0.15) is 12.6 Å². The molecular weight excluding hydrogens is 452 g/mol. The van der Waals surface area contributed by atoms with Gasteiger partial charge >= 0.3 is 10.2 Å². The Labute approximate surface area is 203 Å². The van der Waals surface area contributed by atoms with Gasteiger partial charge < -0.3 is 10.2 Å². The maximum Gasteiger partial charge on any atom is 0.304 e. The molecule has 0 saturated heterocycles. The van der Waals surface area contributed by atoms with Gasteiger partial charge in [-0.25, -0.2) is 4.31 Å². The number of nitrogens with one attached hydrogen (secondary N) is 1. The lowest BCUT2D eigenvalue weighted by Gasteiger charge is -2.34. The molecule has 0 aliphatic rings. The molecule has 0 heterocycles. The molecule has 0 aliphatic heterocycles. The highest BCUT2D eigenvalue weighted by molar-refractivity contribution is 7.90. The Balaban J connectivity index is 2.44. The topological polar surface area (TPSA) is 90.0 Å². The minimum absolute atomic E-state index is 0.0369. The first kappa shape index (κ1) is 27.3. The van der Waals surface area contributed by atoms with E-state index >= 15 is 0 Å². The van der Waals surface area contributed by atoms with E-state index in [4.69, 9.17) is 0 Å². The molecule has 1 N–H and O–H groups in total. The van der Waals surface area contributed by atoms with E-state index in [0.717, 1.165) is 20.6 Å².